The van der Waals surface area contributed by atoms with E-state index < -0.39 is 17.9 Å². The molecule has 3 aromatic carbocycles. The highest BCUT2D eigenvalue weighted by Gasteiger charge is 2.52. The first kappa shape index (κ1) is 21.9. The molecule has 0 saturated heterocycles. The first-order valence-electron chi connectivity index (χ1n) is 10.6. The number of nitrogens with zero attached hydrogens (tertiary/aromatic N) is 2. The summed E-state index contributed by atoms with van der Waals surface area (Å²) in [5, 5.41) is 24.0. The van der Waals surface area contributed by atoms with Gasteiger partial charge in [0.15, 0.2) is 5.72 Å². The number of rotatable bonds is 4. The zero-order chi connectivity index (χ0) is 24.2. The highest BCUT2D eigenvalue weighted by Crippen LogP contribution is 2.47. The minimum Gasteiger partial charge on any atom is -0.465 e. The standard InChI is InChI=1S/C25H21ClN4O4/c1-13-16(7-5-9-19(13)26)14(2)30-22(31)17-6-3-4-8-18(17)25(30,34)15-10-11-20-21(12-15)28-23(27-20)29-24(32)33/h3-12,14,34H,1-2H3,(H,32,33)(H2,27,28,29). The van der Waals surface area contributed by atoms with Gasteiger partial charge < -0.3 is 15.2 Å². The number of fused-ring (bicyclic) bond motifs is 2. The number of anilines is 1. The van der Waals surface area contributed by atoms with Crippen LogP contribution in [0.15, 0.2) is 60.7 Å². The molecule has 1 aromatic heterocycles. The molecule has 4 N–H and O–H groups in total. The Kier molecular flexibility index (Phi) is 5.07. The van der Waals surface area contributed by atoms with Crippen molar-refractivity contribution in [3.05, 3.63) is 93.5 Å². The van der Waals surface area contributed by atoms with Crippen LogP contribution in [0.5, 0.6) is 0 Å². The number of benzene rings is 3. The van der Waals surface area contributed by atoms with Gasteiger partial charge in [-0.05, 0) is 49.2 Å². The van der Waals surface area contributed by atoms with Crippen molar-refractivity contribution in [3.8, 4) is 0 Å². The lowest BCUT2D eigenvalue weighted by Crippen LogP contribution is -2.46. The second-order valence-corrected chi connectivity index (χ2v) is 8.68. The maximum Gasteiger partial charge on any atom is 0.411 e. The number of hydrogen-bond acceptors (Lipinski definition) is 4. The van der Waals surface area contributed by atoms with Crippen LogP contribution in [0.4, 0.5) is 10.7 Å². The monoisotopic (exact) mass is 476 g/mol. The second-order valence-electron chi connectivity index (χ2n) is 8.27. The molecule has 2 amide bonds. The summed E-state index contributed by atoms with van der Waals surface area (Å²) in [6, 6.07) is 17.0. The lowest BCUT2D eigenvalue weighted by atomic mass is 9.91. The highest BCUT2D eigenvalue weighted by atomic mass is 35.5. The molecule has 5 rings (SSSR count). The van der Waals surface area contributed by atoms with Crippen LogP contribution in [0, 0.1) is 6.92 Å². The topological polar surface area (TPSA) is 119 Å². The van der Waals surface area contributed by atoms with E-state index in [0.717, 1.165) is 11.1 Å². The van der Waals surface area contributed by atoms with Gasteiger partial charge in [0, 0.05) is 21.7 Å². The van der Waals surface area contributed by atoms with Gasteiger partial charge in [0.2, 0.25) is 5.95 Å². The molecule has 2 atom stereocenters. The third-order valence-corrected chi connectivity index (χ3v) is 6.77. The largest absolute Gasteiger partial charge is 0.465 e. The summed E-state index contributed by atoms with van der Waals surface area (Å²) >= 11 is 6.36. The number of aliphatic hydroxyl groups is 1. The fourth-order valence-electron chi connectivity index (χ4n) is 4.73. The van der Waals surface area contributed by atoms with Crippen LogP contribution < -0.4 is 5.32 Å². The first-order chi connectivity index (χ1) is 16.2. The van der Waals surface area contributed by atoms with Crippen LogP contribution in [0.1, 0.15) is 45.6 Å². The van der Waals surface area contributed by atoms with Crippen molar-refractivity contribution in [2.45, 2.75) is 25.6 Å². The number of H-pyrrole nitrogens is 1. The Balaban J connectivity index is 1.69. The van der Waals surface area contributed by atoms with Gasteiger partial charge in [-0.25, -0.2) is 9.78 Å². The molecule has 0 saturated carbocycles. The number of halogens is 1. The van der Waals surface area contributed by atoms with E-state index in [1.165, 1.54) is 4.90 Å². The number of nitrogens with one attached hydrogen (secondary N) is 2. The van der Waals surface area contributed by atoms with Crippen LogP contribution in [0.3, 0.4) is 0 Å². The normalized spacial score (nSPS) is 18.2. The summed E-state index contributed by atoms with van der Waals surface area (Å²) in [6.45, 7) is 3.74. The molecule has 172 valence electrons. The fraction of sp³-hybridized carbons (Fsp3) is 0.160. The van der Waals surface area contributed by atoms with Gasteiger partial charge in [-0.15, -0.1) is 0 Å². The van der Waals surface area contributed by atoms with Gasteiger partial charge >= 0.3 is 6.09 Å². The molecule has 1 aliphatic heterocycles. The SMILES string of the molecule is Cc1c(Cl)cccc1C(C)N1C(=O)c2ccccc2C1(O)c1ccc2[nH]c(NC(=O)O)nc2c1. The van der Waals surface area contributed by atoms with Crippen LogP contribution >= 0.6 is 11.6 Å². The second kappa shape index (κ2) is 7.86. The van der Waals surface area contributed by atoms with E-state index in [4.69, 9.17) is 16.7 Å². The molecule has 9 heteroatoms. The Bertz CT molecular complexity index is 1470. The van der Waals surface area contributed by atoms with E-state index in [1.807, 2.05) is 26.0 Å². The van der Waals surface area contributed by atoms with Gasteiger partial charge in [0.05, 0.1) is 17.1 Å². The number of hydrogen-bond donors (Lipinski definition) is 4. The summed E-state index contributed by atoms with van der Waals surface area (Å²) in [5.41, 5.74) is 2.19. The van der Waals surface area contributed by atoms with E-state index in [2.05, 4.69) is 15.3 Å². The predicted molar refractivity (Wildman–Crippen MR) is 128 cm³/mol. The van der Waals surface area contributed by atoms with Crippen LogP contribution in [-0.4, -0.2) is 37.1 Å². The number of aromatic nitrogens is 2. The maximum atomic E-state index is 13.6. The molecule has 0 radical (unpaired) electrons. The average molecular weight is 477 g/mol. The zero-order valence-corrected chi connectivity index (χ0v) is 19.1. The number of aromatic amines is 1. The van der Waals surface area contributed by atoms with E-state index >= 15 is 0 Å². The fourth-order valence-corrected chi connectivity index (χ4v) is 4.91. The molecular weight excluding hydrogens is 456 g/mol. The Morgan fingerprint density at radius 1 is 1.18 bits per heavy atom. The lowest BCUT2D eigenvalue weighted by molar-refractivity contribution is -0.0677. The molecular formula is C25H21ClN4O4. The highest BCUT2D eigenvalue weighted by molar-refractivity contribution is 6.31. The molecule has 4 aromatic rings. The average Bonchev–Trinajstić information content (AvgIpc) is 3.30. The first-order valence-corrected chi connectivity index (χ1v) is 11.0. The van der Waals surface area contributed by atoms with Crippen molar-refractivity contribution in [2.75, 3.05) is 5.32 Å². The Labute approximate surface area is 199 Å². The number of imidazole rings is 1. The van der Waals surface area contributed by atoms with Crippen LogP contribution in [-0.2, 0) is 5.72 Å². The molecule has 0 aliphatic carbocycles. The quantitative estimate of drug-likeness (QED) is 0.329. The third kappa shape index (κ3) is 3.22. The summed E-state index contributed by atoms with van der Waals surface area (Å²) in [7, 11) is 0. The van der Waals surface area contributed by atoms with Gasteiger partial charge in [0.1, 0.15) is 0 Å². The molecule has 8 nitrogen and oxygen atoms in total. The number of carboxylic acid groups (broad SMARTS) is 1. The Morgan fingerprint density at radius 2 is 1.94 bits per heavy atom. The van der Waals surface area contributed by atoms with Gasteiger partial charge in [0.25, 0.3) is 5.91 Å². The Morgan fingerprint density at radius 3 is 2.71 bits per heavy atom. The van der Waals surface area contributed by atoms with E-state index in [1.54, 1.807) is 48.5 Å². The van der Waals surface area contributed by atoms with Crippen molar-refractivity contribution in [1.29, 1.82) is 0 Å². The van der Waals surface area contributed by atoms with Crippen molar-refractivity contribution in [2.24, 2.45) is 0 Å². The van der Waals surface area contributed by atoms with Crippen molar-refractivity contribution >= 4 is 40.6 Å². The van der Waals surface area contributed by atoms with Crippen molar-refractivity contribution < 1.29 is 19.8 Å². The van der Waals surface area contributed by atoms with Gasteiger partial charge in [-0.3, -0.25) is 15.0 Å². The molecule has 2 unspecified atom stereocenters. The summed E-state index contributed by atoms with van der Waals surface area (Å²) in [5.74, 6) is -0.241. The minimum atomic E-state index is -1.78. The van der Waals surface area contributed by atoms with Crippen LogP contribution in [0.25, 0.3) is 11.0 Å². The minimum absolute atomic E-state index is 0.0642. The van der Waals surface area contributed by atoms with Crippen molar-refractivity contribution in [1.82, 2.24) is 14.9 Å². The smallest absolute Gasteiger partial charge is 0.411 e. The van der Waals surface area contributed by atoms with Gasteiger partial charge in [-0.2, -0.15) is 0 Å². The molecule has 0 bridgehead atoms. The maximum absolute atomic E-state index is 13.6. The third-order valence-electron chi connectivity index (χ3n) is 6.36. The summed E-state index contributed by atoms with van der Waals surface area (Å²) < 4.78 is 0. The summed E-state index contributed by atoms with van der Waals surface area (Å²) in [4.78, 5) is 33.2. The number of carbonyl (C=O) groups is 2. The lowest BCUT2D eigenvalue weighted by Gasteiger charge is -2.39. The molecule has 34 heavy (non-hydrogen) atoms. The molecule has 0 fully saturated rings. The number of amides is 2. The van der Waals surface area contributed by atoms with Crippen molar-refractivity contribution in [3.63, 3.8) is 0 Å². The van der Waals surface area contributed by atoms with E-state index in [9.17, 15) is 14.7 Å². The molecule has 2 heterocycles. The van der Waals surface area contributed by atoms with Crippen LogP contribution in [0.2, 0.25) is 5.02 Å². The Hall–Kier alpha value is -3.88. The zero-order valence-electron chi connectivity index (χ0n) is 18.3. The van der Waals surface area contributed by atoms with Gasteiger partial charge in [-0.1, -0.05) is 48.0 Å². The predicted octanol–water partition coefficient (Wildman–Crippen LogP) is 5.03. The summed E-state index contributed by atoms with van der Waals surface area (Å²) in [6.07, 6.45) is -1.25. The molecule has 0 spiro atoms. The van der Waals surface area contributed by atoms with E-state index in [0.29, 0.717) is 32.7 Å². The van der Waals surface area contributed by atoms with E-state index in [-0.39, 0.29) is 11.9 Å². The molecule has 1 aliphatic rings. The number of carbonyl (C=O) groups excluding carboxylic acids is 1.